The van der Waals surface area contributed by atoms with Gasteiger partial charge in [-0.3, -0.25) is 9.67 Å². The van der Waals surface area contributed by atoms with Gasteiger partial charge in [0.2, 0.25) is 0 Å². The van der Waals surface area contributed by atoms with Crippen LogP contribution in [0.2, 0.25) is 0 Å². The number of aliphatic imine (C=N–C) groups is 1. The highest BCUT2D eigenvalue weighted by molar-refractivity contribution is 5.80. The second-order valence-electron chi connectivity index (χ2n) is 6.53. The van der Waals surface area contributed by atoms with E-state index < -0.39 is 0 Å². The summed E-state index contributed by atoms with van der Waals surface area (Å²) in [7, 11) is 0. The van der Waals surface area contributed by atoms with E-state index in [2.05, 4.69) is 51.3 Å². The minimum atomic E-state index is 0.807. The molecule has 0 spiro atoms. The van der Waals surface area contributed by atoms with Crippen molar-refractivity contribution in [2.45, 2.75) is 26.8 Å². The van der Waals surface area contributed by atoms with Crippen molar-refractivity contribution >= 4 is 11.8 Å². The molecule has 1 N–H and O–H groups in total. The summed E-state index contributed by atoms with van der Waals surface area (Å²) >= 11 is 0. The number of aryl methyl sites for hydroxylation is 2. The quantitative estimate of drug-likeness (QED) is 0.486. The molecule has 0 bridgehead atoms. The van der Waals surface area contributed by atoms with Crippen molar-refractivity contribution in [3.63, 3.8) is 0 Å². The van der Waals surface area contributed by atoms with Crippen LogP contribution in [0.25, 0.3) is 0 Å². The van der Waals surface area contributed by atoms with Crippen LogP contribution in [0.3, 0.4) is 0 Å². The number of nitrogens with one attached hydrogen (secondary N) is 1. The van der Waals surface area contributed by atoms with Crippen molar-refractivity contribution < 1.29 is 0 Å². The number of pyridine rings is 1. The van der Waals surface area contributed by atoms with Crippen molar-refractivity contribution in [2.24, 2.45) is 4.99 Å². The van der Waals surface area contributed by atoms with Crippen molar-refractivity contribution in [1.29, 1.82) is 0 Å². The predicted molar refractivity (Wildman–Crippen MR) is 106 cm³/mol. The Kier molecular flexibility index (Phi) is 6.46. The average molecular weight is 355 g/mol. The molecule has 7 heteroatoms. The van der Waals surface area contributed by atoms with Crippen LogP contribution in [0.4, 0.5) is 5.82 Å². The fourth-order valence-electron chi connectivity index (χ4n) is 3.12. The van der Waals surface area contributed by atoms with Gasteiger partial charge in [0, 0.05) is 58.2 Å². The first kappa shape index (κ1) is 18.2. The third-order valence-corrected chi connectivity index (χ3v) is 4.46. The second kappa shape index (κ2) is 9.22. The van der Waals surface area contributed by atoms with Gasteiger partial charge in [-0.2, -0.15) is 5.10 Å². The SMILES string of the molecule is CCNC(=NCCCn1cc(C)cn1)N1CCN(c2ccccn2)CC1. The first-order chi connectivity index (χ1) is 12.8. The van der Waals surface area contributed by atoms with Crippen molar-refractivity contribution in [3.05, 3.63) is 42.4 Å². The predicted octanol–water partition coefficient (Wildman–Crippen LogP) is 1.76. The standard InChI is InChI=1S/C19H29N7/c1-3-20-19(22-9-6-10-26-16-17(2)15-23-26)25-13-11-24(12-14-25)18-7-4-5-8-21-18/h4-5,7-8,15-16H,3,6,9-14H2,1-2H3,(H,20,22). The lowest BCUT2D eigenvalue weighted by atomic mass is 10.3. The van der Waals surface area contributed by atoms with Crippen molar-refractivity contribution in [1.82, 2.24) is 25.0 Å². The average Bonchev–Trinajstić information content (AvgIpc) is 3.10. The maximum Gasteiger partial charge on any atom is 0.194 e. The van der Waals surface area contributed by atoms with E-state index in [9.17, 15) is 0 Å². The Morgan fingerprint density at radius 1 is 1.23 bits per heavy atom. The molecule has 0 saturated carbocycles. The van der Waals surface area contributed by atoms with Crippen LogP contribution in [0.15, 0.2) is 41.8 Å². The fourth-order valence-corrected chi connectivity index (χ4v) is 3.12. The zero-order valence-corrected chi connectivity index (χ0v) is 15.8. The number of aromatic nitrogens is 3. The molecule has 0 unspecified atom stereocenters. The highest BCUT2D eigenvalue weighted by Gasteiger charge is 2.20. The molecule has 1 saturated heterocycles. The van der Waals surface area contributed by atoms with Gasteiger partial charge >= 0.3 is 0 Å². The molecule has 2 aromatic heterocycles. The molecule has 0 aliphatic carbocycles. The lowest BCUT2D eigenvalue weighted by Crippen LogP contribution is -2.52. The Bertz CT molecular complexity index is 687. The molecule has 26 heavy (non-hydrogen) atoms. The summed E-state index contributed by atoms with van der Waals surface area (Å²) in [4.78, 5) is 13.9. The lowest BCUT2D eigenvalue weighted by Gasteiger charge is -2.37. The minimum absolute atomic E-state index is 0.807. The summed E-state index contributed by atoms with van der Waals surface area (Å²) in [6, 6.07) is 6.08. The number of hydrogen-bond donors (Lipinski definition) is 1. The summed E-state index contributed by atoms with van der Waals surface area (Å²) in [5, 5.41) is 7.76. The summed E-state index contributed by atoms with van der Waals surface area (Å²) in [6.45, 7) is 10.6. The smallest absolute Gasteiger partial charge is 0.194 e. The summed E-state index contributed by atoms with van der Waals surface area (Å²) in [5.41, 5.74) is 1.20. The topological polar surface area (TPSA) is 61.6 Å². The summed E-state index contributed by atoms with van der Waals surface area (Å²) < 4.78 is 1.99. The van der Waals surface area contributed by atoms with Gasteiger partial charge in [-0.1, -0.05) is 6.07 Å². The van der Waals surface area contributed by atoms with E-state index in [1.54, 1.807) is 0 Å². The van der Waals surface area contributed by atoms with E-state index in [0.29, 0.717) is 0 Å². The van der Waals surface area contributed by atoms with Crippen LogP contribution in [-0.2, 0) is 6.54 Å². The molecular weight excluding hydrogens is 326 g/mol. The van der Waals surface area contributed by atoms with Crippen molar-refractivity contribution in [3.8, 4) is 0 Å². The Hall–Kier alpha value is -2.57. The van der Waals surface area contributed by atoms with E-state index in [1.165, 1.54) is 5.56 Å². The first-order valence-electron chi connectivity index (χ1n) is 9.44. The third-order valence-electron chi connectivity index (χ3n) is 4.46. The van der Waals surface area contributed by atoms with E-state index in [0.717, 1.165) is 64.0 Å². The van der Waals surface area contributed by atoms with Crippen LogP contribution in [0, 0.1) is 6.92 Å². The van der Waals surface area contributed by atoms with Gasteiger partial charge in [0.1, 0.15) is 5.82 Å². The van der Waals surface area contributed by atoms with Crippen LogP contribution in [-0.4, -0.2) is 64.9 Å². The van der Waals surface area contributed by atoms with Gasteiger partial charge in [-0.15, -0.1) is 0 Å². The van der Waals surface area contributed by atoms with E-state index in [1.807, 2.05) is 29.2 Å². The van der Waals surface area contributed by atoms with Gasteiger partial charge in [0.25, 0.3) is 0 Å². The highest BCUT2D eigenvalue weighted by atomic mass is 15.4. The Morgan fingerprint density at radius 2 is 2.08 bits per heavy atom. The molecule has 0 radical (unpaired) electrons. The monoisotopic (exact) mass is 355 g/mol. The molecule has 140 valence electrons. The molecule has 1 aliphatic rings. The maximum absolute atomic E-state index is 4.81. The summed E-state index contributed by atoms with van der Waals surface area (Å²) in [6.07, 6.45) is 6.82. The molecule has 3 rings (SSSR count). The Morgan fingerprint density at radius 3 is 2.73 bits per heavy atom. The second-order valence-corrected chi connectivity index (χ2v) is 6.53. The third kappa shape index (κ3) is 4.97. The number of nitrogens with zero attached hydrogens (tertiary/aromatic N) is 6. The first-order valence-corrected chi connectivity index (χ1v) is 9.44. The van der Waals surface area contributed by atoms with Gasteiger partial charge in [0.15, 0.2) is 5.96 Å². The molecular formula is C19H29N7. The lowest BCUT2D eigenvalue weighted by molar-refractivity contribution is 0.371. The zero-order valence-electron chi connectivity index (χ0n) is 15.8. The normalized spacial score (nSPS) is 15.4. The van der Waals surface area contributed by atoms with Crippen LogP contribution < -0.4 is 10.2 Å². The maximum atomic E-state index is 4.81. The van der Waals surface area contributed by atoms with Crippen molar-refractivity contribution in [2.75, 3.05) is 44.2 Å². The van der Waals surface area contributed by atoms with E-state index >= 15 is 0 Å². The number of rotatable bonds is 6. The van der Waals surface area contributed by atoms with Crippen LogP contribution in [0.1, 0.15) is 18.9 Å². The number of guanidine groups is 1. The molecule has 2 aromatic rings. The zero-order chi connectivity index (χ0) is 18.2. The molecule has 0 aromatic carbocycles. The highest BCUT2D eigenvalue weighted by Crippen LogP contribution is 2.12. The molecule has 3 heterocycles. The molecule has 7 nitrogen and oxygen atoms in total. The number of piperazine rings is 1. The van der Waals surface area contributed by atoms with Crippen LogP contribution in [0.5, 0.6) is 0 Å². The summed E-state index contributed by atoms with van der Waals surface area (Å²) in [5.74, 6) is 2.08. The number of hydrogen-bond acceptors (Lipinski definition) is 4. The van der Waals surface area contributed by atoms with Gasteiger partial charge in [-0.25, -0.2) is 4.98 Å². The fraction of sp³-hybridized carbons (Fsp3) is 0.526. The van der Waals surface area contributed by atoms with E-state index in [-0.39, 0.29) is 0 Å². The van der Waals surface area contributed by atoms with Gasteiger partial charge in [0.05, 0.1) is 6.20 Å². The Labute approximate surface area is 155 Å². The van der Waals surface area contributed by atoms with Crippen LogP contribution >= 0.6 is 0 Å². The molecule has 0 amide bonds. The molecule has 1 fully saturated rings. The largest absolute Gasteiger partial charge is 0.357 e. The molecule has 1 aliphatic heterocycles. The van der Waals surface area contributed by atoms with Gasteiger partial charge in [-0.05, 0) is 38.0 Å². The number of anilines is 1. The van der Waals surface area contributed by atoms with E-state index in [4.69, 9.17) is 4.99 Å². The van der Waals surface area contributed by atoms with Gasteiger partial charge < -0.3 is 15.1 Å². The molecule has 0 atom stereocenters. The minimum Gasteiger partial charge on any atom is -0.357 e. The Balaban J connectivity index is 1.49.